The molecule has 0 radical (unpaired) electrons. The summed E-state index contributed by atoms with van der Waals surface area (Å²) >= 11 is 0. The van der Waals surface area contributed by atoms with Gasteiger partial charge in [-0.15, -0.1) is 0 Å². The van der Waals surface area contributed by atoms with Crippen molar-refractivity contribution in [2.24, 2.45) is 5.41 Å². The van der Waals surface area contributed by atoms with Crippen molar-refractivity contribution >= 4 is 16.8 Å². The number of aromatic amines is 1. The van der Waals surface area contributed by atoms with E-state index in [0.29, 0.717) is 0 Å². The third-order valence-electron chi connectivity index (χ3n) is 3.24. The van der Waals surface area contributed by atoms with E-state index in [0.717, 1.165) is 29.4 Å². The van der Waals surface area contributed by atoms with E-state index in [2.05, 4.69) is 9.97 Å². The van der Waals surface area contributed by atoms with Crippen LogP contribution in [-0.2, 0) is 0 Å². The molecule has 0 atom stereocenters. The molecule has 1 saturated carbocycles. The lowest BCUT2D eigenvalue weighted by atomic mass is 9.97. The topological polar surface area (TPSA) is 45.8 Å². The molecule has 15 heavy (non-hydrogen) atoms. The lowest BCUT2D eigenvalue weighted by molar-refractivity contribution is 0.0914. The molecule has 3 nitrogen and oxygen atoms in total. The summed E-state index contributed by atoms with van der Waals surface area (Å²) in [5.41, 5.74) is 1.48. The van der Waals surface area contributed by atoms with Gasteiger partial charge in [-0.1, -0.05) is 6.92 Å². The average molecular weight is 200 g/mol. The Bertz CT molecular complexity index is 537. The van der Waals surface area contributed by atoms with E-state index in [1.54, 1.807) is 12.4 Å². The first kappa shape index (κ1) is 8.65. The number of pyridine rings is 1. The predicted molar refractivity (Wildman–Crippen MR) is 57.8 cm³/mol. The maximum atomic E-state index is 12.2. The molecule has 2 heterocycles. The SMILES string of the molecule is CC1(C(=O)c2c[nH]c3ncccc23)CC1. The second-order valence-electron chi connectivity index (χ2n) is 4.49. The monoisotopic (exact) mass is 200 g/mol. The van der Waals surface area contributed by atoms with Crippen molar-refractivity contribution in [1.29, 1.82) is 0 Å². The van der Waals surface area contributed by atoms with Gasteiger partial charge >= 0.3 is 0 Å². The van der Waals surface area contributed by atoms with Crippen LogP contribution in [0.3, 0.4) is 0 Å². The lowest BCUT2D eigenvalue weighted by Gasteiger charge is -2.04. The van der Waals surface area contributed by atoms with Crippen LogP contribution in [0, 0.1) is 5.41 Å². The van der Waals surface area contributed by atoms with Crippen LogP contribution in [0.5, 0.6) is 0 Å². The third-order valence-corrected chi connectivity index (χ3v) is 3.24. The quantitative estimate of drug-likeness (QED) is 0.757. The second-order valence-corrected chi connectivity index (χ2v) is 4.49. The van der Waals surface area contributed by atoms with Gasteiger partial charge in [0.1, 0.15) is 5.65 Å². The van der Waals surface area contributed by atoms with Crippen molar-refractivity contribution in [3.63, 3.8) is 0 Å². The van der Waals surface area contributed by atoms with E-state index in [1.165, 1.54) is 0 Å². The predicted octanol–water partition coefficient (Wildman–Crippen LogP) is 2.55. The van der Waals surface area contributed by atoms with Crippen LogP contribution in [0.1, 0.15) is 30.1 Å². The van der Waals surface area contributed by atoms with Crippen molar-refractivity contribution in [1.82, 2.24) is 9.97 Å². The van der Waals surface area contributed by atoms with Gasteiger partial charge in [0.15, 0.2) is 5.78 Å². The highest BCUT2D eigenvalue weighted by molar-refractivity contribution is 6.10. The molecule has 0 unspecified atom stereocenters. The number of hydrogen-bond acceptors (Lipinski definition) is 2. The van der Waals surface area contributed by atoms with E-state index in [-0.39, 0.29) is 11.2 Å². The fourth-order valence-corrected chi connectivity index (χ4v) is 1.88. The normalized spacial score (nSPS) is 17.9. The number of carbonyl (C=O) groups excluding carboxylic acids is 1. The Morgan fingerprint density at radius 2 is 2.33 bits per heavy atom. The summed E-state index contributed by atoms with van der Waals surface area (Å²) in [4.78, 5) is 19.4. The summed E-state index contributed by atoms with van der Waals surface area (Å²) in [6, 6.07) is 3.81. The van der Waals surface area contributed by atoms with E-state index in [4.69, 9.17) is 0 Å². The number of Topliss-reactive ketones (excluding diaryl/α,β-unsaturated/α-hetero) is 1. The van der Waals surface area contributed by atoms with Crippen LogP contribution in [-0.4, -0.2) is 15.8 Å². The number of nitrogens with one attached hydrogen (secondary N) is 1. The van der Waals surface area contributed by atoms with E-state index >= 15 is 0 Å². The van der Waals surface area contributed by atoms with Crippen LogP contribution in [0.15, 0.2) is 24.5 Å². The van der Waals surface area contributed by atoms with Crippen LogP contribution in [0.4, 0.5) is 0 Å². The highest BCUT2D eigenvalue weighted by atomic mass is 16.1. The van der Waals surface area contributed by atoms with Crippen LogP contribution in [0.25, 0.3) is 11.0 Å². The molecule has 0 spiro atoms. The molecular weight excluding hydrogens is 188 g/mol. The molecule has 1 fully saturated rings. The largest absolute Gasteiger partial charge is 0.345 e. The van der Waals surface area contributed by atoms with Crippen LogP contribution in [0.2, 0.25) is 0 Å². The average Bonchev–Trinajstić information content (AvgIpc) is 2.87. The summed E-state index contributed by atoms with van der Waals surface area (Å²) in [5.74, 6) is 0.252. The highest BCUT2D eigenvalue weighted by Crippen LogP contribution is 2.48. The van der Waals surface area contributed by atoms with Gasteiger partial charge in [0.2, 0.25) is 0 Å². The van der Waals surface area contributed by atoms with Gasteiger partial charge < -0.3 is 4.98 Å². The summed E-state index contributed by atoms with van der Waals surface area (Å²) in [5, 5.41) is 0.940. The number of fused-ring (bicyclic) bond motifs is 1. The molecule has 0 aliphatic heterocycles. The molecule has 0 aromatic carbocycles. The zero-order valence-electron chi connectivity index (χ0n) is 8.58. The molecule has 3 rings (SSSR count). The minimum Gasteiger partial charge on any atom is -0.345 e. The maximum absolute atomic E-state index is 12.2. The van der Waals surface area contributed by atoms with Crippen LogP contribution < -0.4 is 0 Å². The fourth-order valence-electron chi connectivity index (χ4n) is 1.88. The molecule has 2 aromatic heterocycles. The van der Waals surface area contributed by atoms with Crippen molar-refractivity contribution < 1.29 is 4.79 Å². The van der Waals surface area contributed by atoms with Gasteiger partial charge in [0.25, 0.3) is 0 Å². The van der Waals surface area contributed by atoms with Gasteiger partial charge in [-0.25, -0.2) is 4.98 Å². The van der Waals surface area contributed by atoms with Crippen LogP contribution >= 0.6 is 0 Å². The van der Waals surface area contributed by atoms with Crippen molar-refractivity contribution in [2.75, 3.05) is 0 Å². The van der Waals surface area contributed by atoms with Gasteiger partial charge in [0.05, 0.1) is 0 Å². The maximum Gasteiger partial charge on any atom is 0.170 e. The standard InChI is InChI=1S/C12H12N2O/c1-12(4-5-12)10(15)9-7-14-11-8(9)3-2-6-13-11/h2-3,6-7H,4-5H2,1H3,(H,13,14). The molecule has 1 aliphatic rings. The lowest BCUT2D eigenvalue weighted by Crippen LogP contribution is -2.11. The first-order valence-electron chi connectivity index (χ1n) is 5.18. The number of ketones is 1. The Hall–Kier alpha value is -1.64. The Labute approximate surface area is 87.5 Å². The zero-order valence-corrected chi connectivity index (χ0v) is 8.58. The molecule has 0 amide bonds. The Kier molecular flexibility index (Phi) is 1.55. The van der Waals surface area contributed by atoms with E-state index < -0.39 is 0 Å². The summed E-state index contributed by atoms with van der Waals surface area (Å²) < 4.78 is 0. The summed E-state index contributed by atoms with van der Waals surface area (Å²) in [7, 11) is 0. The number of rotatable bonds is 2. The van der Waals surface area contributed by atoms with E-state index in [1.807, 2.05) is 19.1 Å². The minimum atomic E-state index is -0.106. The van der Waals surface area contributed by atoms with E-state index in [9.17, 15) is 4.79 Å². The molecule has 3 heteroatoms. The first-order chi connectivity index (χ1) is 7.21. The highest BCUT2D eigenvalue weighted by Gasteiger charge is 2.45. The Morgan fingerprint density at radius 1 is 1.53 bits per heavy atom. The molecule has 0 bridgehead atoms. The minimum absolute atomic E-state index is 0.106. The zero-order chi connectivity index (χ0) is 10.5. The van der Waals surface area contributed by atoms with Gasteiger partial charge in [0, 0.05) is 28.8 Å². The Balaban J connectivity index is 2.15. The molecule has 2 aromatic rings. The smallest absolute Gasteiger partial charge is 0.170 e. The van der Waals surface area contributed by atoms with Crippen molar-refractivity contribution in [3.05, 3.63) is 30.1 Å². The third kappa shape index (κ3) is 1.19. The number of H-pyrrole nitrogens is 1. The molecule has 0 saturated heterocycles. The first-order valence-corrected chi connectivity index (χ1v) is 5.18. The van der Waals surface area contributed by atoms with Crippen molar-refractivity contribution in [2.45, 2.75) is 19.8 Å². The molecule has 76 valence electrons. The fraction of sp³-hybridized carbons (Fsp3) is 0.333. The number of nitrogens with zero attached hydrogens (tertiary/aromatic N) is 1. The molecule has 1 N–H and O–H groups in total. The van der Waals surface area contributed by atoms with Crippen molar-refractivity contribution in [3.8, 4) is 0 Å². The number of aromatic nitrogens is 2. The van der Waals surface area contributed by atoms with Gasteiger partial charge in [-0.2, -0.15) is 0 Å². The van der Waals surface area contributed by atoms with Gasteiger partial charge in [-0.3, -0.25) is 4.79 Å². The second kappa shape index (κ2) is 2.69. The number of carbonyl (C=O) groups is 1. The van der Waals surface area contributed by atoms with Gasteiger partial charge in [-0.05, 0) is 25.0 Å². The summed E-state index contributed by atoms with van der Waals surface area (Å²) in [6.07, 6.45) is 5.53. The molecular formula is C12H12N2O. The molecule has 1 aliphatic carbocycles. The summed E-state index contributed by atoms with van der Waals surface area (Å²) in [6.45, 7) is 2.03. The Morgan fingerprint density at radius 3 is 3.07 bits per heavy atom. The number of hydrogen-bond donors (Lipinski definition) is 1.